The van der Waals surface area contributed by atoms with Gasteiger partial charge in [0, 0.05) is 12.8 Å². The molecule has 0 heterocycles. The molecule has 0 bridgehead atoms. The average molecular weight is 1000 g/mol. The van der Waals surface area contributed by atoms with E-state index < -0.39 is 12.1 Å². The summed E-state index contributed by atoms with van der Waals surface area (Å²) in [5, 5.41) is 0. The molecule has 73 heavy (non-hydrogen) atoms. The van der Waals surface area contributed by atoms with E-state index in [1.165, 1.54) is 0 Å². The zero-order chi connectivity index (χ0) is 52.9. The average Bonchev–Trinajstić information content (AvgIpc) is 3.39. The Balaban J connectivity index is 4.58. The van der Waals surface area contributed by atoms with Gasteiger partial charge in [-0.1, -0.05) is 222 Å². The van der Waals surface area contributed by atoms with E-state index in [2.05, 4.69) is 203 Å². The third kappa shape index (κ3) is 57.0. The fraction of sp³-hybridized carbons (Fsp3) is 0.478. The summed E-state index contributed by atoms with van der Waals surface area (Å²) < 4.78 is 16.6. The summed E-state index contributed by atoms with van der Waals surface area (Å²) >= 11 is 0. The van der Waals surface area contributed by atoms with Gasteiger partial charge < -0.3 is 14.2 Å². The van der Waals surface area contributed by atoms with Gasteiger partial charge in [0.25, 0.3) is 0 Å². The molecular formula is C67H98O6. The topological polar surface area (TPSA) is 78.9 Å². The van der Waals surface area contributed by atoms with Gasteiger partial charge in [-0.3, -0.25) is 14.4 Å². The first-order valence-electron chi connectivity index (χ1n) is 27.9. The van der Waals surface area contributed by atoms with Gasteiger partial charge in [-0.25, -0.2) is 0 Å². The number of unbranched alkanes of at least 4 members (excludes halogenated alkanes) is 5. The molecule has 0 aliphatic rings. The lowest BCUT2D eigenvalue weighted by molar-refractivity contribution is -0.166. The zero-order valence-electron chi connectivity index (χ0n) is 45.8. The predicted octanol–water partition coefficient (Wildman–Crippen LogP) is 19.1. The van der Waals surface area contributed by atoms with Gasteiger partial charge in [-0.15, -0.1) is 0 Å². The van der Waals surface area contributed by atoms with Gasteiger partial charge in [0.05, 0.1) is 6.42 Å². The summed E-state index contributed by atoms with van der Waals surface area (Å²) in [7, 11) is 0. The molecule has 6 heteroatoms. The van der Waals surface area contributed by atoms with Crippen LogP contribution in [0.2, 0.25) is 0 Å². The SMILES string of the molecule is CC/C=C\C/C=C\C/C=C\C/C=C\C/C=C\C/C=C\C/C=C\C/C=C\CCCCC(=O)OCC(COC(=O)CCCCC/C=C\C/C=C\C/C=C\CC)OC(=O)C/C=C\C/C=C\C/C=C\C/C=C\C/C=C\CC. The molecule has 1 atom stereocenters. The Bertz CT molecular complexity index is 1810. The smallest absolute Gasteiger partial charge is 0.310 e. The minimum absolute atomic E-state index is 0.0692. The number of rotatable bonds is 47. The molecular weight excluding hydrogens is 901 g/mol. The van der Waals surface area contributed by atoms with Crippen molar-refractivity contribution in [3.05, 3.63) is 194 Å². The Morgan fingerprint density at radius 1 is 0.288 bits per heavy atom. The number of hydrogen-bond donors (Lipinski definition) is 0. The first-order chi connectivity index (χ1) is 36.0. The van der Waals surface area contributed by atoms with Crippen LogP contribution in [0.3, 0.4) is 0 Å². The van der Waals surface area contributed by atoms with Crippen LogP contribution < -0.4 is 0 Å². The Labute approximate surface area is 446 Å². The summed E-state index contributed by atoms with van der Waals surface area (Å²) in [6.45, 7) is 6.11. The molecule has 0 saturated heterocycles. The van der Waals surface area contributed by atoms with Crippen LogP contribution in [0, 0.1) is 0 Å². The summed E-state index contributed by atoms with van der Waals surface area (Å²) in [4.78, 5) is 38.0. The van der Waals surface area contributed by atoms with E-state index in [1.54, 1.807) is 6.08 Å². The monoisotopic (exact) mass is 999 g/mol. The fourth-order valence-electron chi connectivity index (χ4n) is 6.54. The molecule has 0 amide bonds. The van der Waals surface area contributed by atoms with Crippen LogP contribution in [-0.2, 0) is 28.6 Å². The molecule has 0 aliphatic carbocycles. The van der Waals surface area contributed by atoms with Crippen molar-refractivity contribution in [3.8, 4) is 0 Å². The second-order valence-corrected chi connectivity index (χ2v) is 17.4. The third-order valence-corrected chi connectivity index (χ3v) is 10.6. The number of ether oxygens (including phenoxy) is 3. The number of carbonyl (C=O) groups is 3. The molecule has 1 unspecified atom stereocenters. The van der Waals surface area contributed by atoms with Crippen LogP contribution in [0.25, 0.3) is 0 Å². The minimum atomic E-state index is -0.875. The van der Waals surface area contributed by atoms with Crippen LogP contribution in [0.5, 0.6) is 0 Å². The normalized spacial score (nSPS) is 13.6. The molecule has 0 spiro atoms. The van der Waals surface area contributed by atoms with Crippen molar-refractivity contribution in [3.63, 3.8) is 0 Å². The Morgan fingerprint density at radius 3 is 0.836 bits per heavy atom. The molecule has 0 rings (SSSR count). The lowest BCUT2D eigenvalue weighted by Crippen LogP contribution is -2.30. The molecule has 0 N–H and O–H groups in total. The number of allylic oxidation sites excluding steroid dienone is 31. The summed E-state index contributed by atoms with van der Waals surface area (Å²) in [5.41, 5.74) is 0. The van der Waals surface area contributed by atoms with Gasteiger partial charge in [0.1, 0.15) is 13.2 Å². The summed E-state index contributed by atoms with van der Waals surface area (Å²) in [5.74, 6) is -1.18. The van der Waals surface area contributed by atoms with Crippen molar-refractivity contribution >= 4 is 17.9 Å². The largest absolute Gasteiger partial charge is 0.462 e. The highest BCUT2D eigenvalue weighted by molar-refractivity contribution is 5.72. The zero-order valence-corrected chi connectivity index (χ0v) is 45.8. The molecule has 0 aromatic carbocycles. The maximum Gasteiger partial charge on any atom is 0.310 e. The molecule has 0 fully saturated rings. The van der Waals surface area contributed by atoms with Crippen molar-refractivity contribution in [2.75, 3.05) is 13.2 Å². The van der Waals surface area contributed by atoms with Crippen molar-refractivity contribution in [2.45, 2.75) is 194 Å². The number of esters is 3. The Kier molecular flexibility index (Phi) is 54.2. The fourth-order valence-corrected chi connectivity index (χ4v) is 6.54. The predicted molar refractivity (Wildman–Crippen MR) is 315 cm³/mol. The van der Waals surface area contributed by atoms with Crippen LogP contribution >= 0.6 is 0 Å². The summed E-state index contributed by atoms with van der Waals surface area (Å²) in [6, 6.07) is 0. The van der Waals surface area contributed by atoms with E-state index >= 15 is 0 Å². The van der Waals surface area contributed by atoms with Crippen LogP contribution in [-0.4, -0.2) is 37.2 Å². The van der Waals surface area contributed by atoms with Gasteiger partial charge in [0.2, 0.25) is 0 Å². The van der Waals surface area contributed by atoms with E-state index in [0.717, 1.165) is 135 Å². The molecule has 0 aromatic rings. The maximum atomic E-state index is 12.8. The lowest BCUT2D eigenvalue weighted by atomic mass is 10.1. The van der Waals surface area contributed by atoms with E-state index in [1.807, 2.05) is 6.08 Å². The molecule has 0 radical (unpaired) electrons. The number of carbonyl (C=O) groups excluding carboxylic acids is 3. The van der Waals surface area contributed by atoms with Crippen LogP contribution in [0.1, 0.15) is 188 Å². The maximum absolute atomic E-state index is 12.8. The van der Waals surface area contributed by atoms with E-state index in [-0.39, 0.29) is 44.4 Å². The summed E-state index contributed by atoms with van der Waals surface area (Å²) in [6.07, 6.45) is 90.3. The van der Waals surface area contributed by atoms with Crippen molar-refractivity contribution < 1.29 is 28.6 Å². The Hall–Kier alpha value is -5.75. The van der Waals surface area contributed by atoms with Gasteiger partial charge in [-0.05, 0) is 141 Å². The van der Waals surface area contributed by atoms with E-state index in [4.69, 9.17) is 14.2 Å². The Morgan fingerprint density at radius 2 is 0.534 bits per heavy atom. The van der Waals surface area contributed by atoms with Gasteiger partial charge >= 0.3 is 17.9 Å². The molecule has 0 aliphatic heterocycles. The minimum Gasteiger partial charge on any atom is -0.462 e. The second kappa shape index (κ2) is 58.8. The molecule has 402 valence electrons. The van der Waals surface area contributed by atoms with Gasteiger partial charge in [-0.2, -0.15) is 0 Å². The van der Waals surface area contributed by atoms with Crippen LogP contribution in [0.4, 0.5) is 0 Å². The van der Waals surface area contributed by atoms with Crippen molar-refractivity contribution in [2.24, 2.45) is 0 Å². The molecule has 6 nitrogen and oxygen atoms in total. The van der Waals surface area contributed by atoms with Crippen molar-refractivity contribution in [1.29, 1.82) is 0 Å². The lowest BCUT2D eigenvalue weighted by Gasteiger charge is -2.18. The molecule has 0 aromatic heterocycles. The quantitative estimate of drug-likeness (QED) is 0.0262. The highest BCUT2D eigenvalue weighted by atomic mass is 16.6. The standard InChI is InChI=1S/C67H98O6/c1-4-7-10-13-16-19-22-25-27-28-29-30-31-32-33-34-35-36-37-38-40-42-45-48-51-54-57-60-66(69)72-63-64(62-71-65(68)59-56-53-50-47-44-41-24-21-18-15-12-9-6-3)73-67(70)61-58-55-52-49-46-43-39-26-23-20-17-14-11-8-5-2/h7-12,16-21,25-27,29-30,32-33,35-36,38-41,44-46,48-49,55,58,64H,4-6,13-15,22-24,28,31,34,37,42-43,47,50-54,56-57,59-63H2,1-3H3/b10-7-,11-8-,12-9-,19-16-,20-17-,21-18-,27-25-,30-29-,33-32-,36-35-,39-26-,40-38-,44-41-,48-45-,49-46-,58-55-. The number of hydrogen-bond acceptors (Lipinski definition) is 6. The molecule has 0 saturated carbocycles. The second-order valence-electron chi connectivity index (χ2n) is 17.4. The third-order valence-electron chi connectivity index (χ3n) is 10.6. The van der Waals surface area contributed by atoms with E-state index in [9.17, 15) is 14.4 Å². The first kappa shape index (κ1) is 67.2. The first-order valence-corrected chi connectivity index (χ1v) is 27.9. The van der Waals surface area contributed by atoms with E-state index in [0.29, 0.717) is 12.8 Å². The highest BCUT2D eigenvalue weighted by Crippen LogP contribution is 2.09. The van der Waals surface area contributed by atoms with Crippen molar-refractivity contribution in [1.82, 2.24) is 0 Å². The van der Waals surface area contributed by atoms with Gasteiger partial charge in [0.15, 0.2) is 6.10 Å². The highest BCUT2D eigenvalue weighted by Gasteiger charge is 2.19. The van der Waals surface area contributed by atoms with Crippen LogP contribution in [0.15, 0.2) is 194 Å².